The van der Waals surface area contributed by atoms with Gasteiger partial charge in [-0.1, -0.05) is 24.3 Å². The van der Waals surface area contributed by atoms with Crippen LogP contribution in [0.1, 0.15) is 16.7 Å². The average molecular weight is 521 g/mol. The first-order valence-electron chi connectivity index (χ1n) is 11.3. The molecule has 38 heavy (non-hydrogen) atoms. The monoisotopic (exact) mass is 520 g/mol. The van der Waals surface area contributed by atoms with E-state index in [0.717, 1.165) is 11.1 Å². The van der Waals surface area contributed by atoms with E-state index in [2.05, 4.69) is 5.32 Å². The quantitative estimate of drug-likeness (QED) is 0.153. The first-order chi connectivity index (χ1) is 18.3. The highest BCUT2D eigenvalue weighted by Crippen LogP contribution is 2.38. The summed E-state index contributed by atoms with van der Waals surface area (Å²) in [4.78, 5) is 23.3. The van der Waals surface area contributed by atoms with Gasteiger partial charge in [0, 0.05) is 12.1 Å². The molecule has 0 spiro atoms. The van der Waals surface area contributed by atoms with Gasteiger partial charge in [-0.15, -0.1) is 0 Å². The summed E-state index contributed by atoms with van der Waals surface area (Å²) in [5.41, 5.74) is 2.35. The van der Waals surface area contributed by atoms with Crippen molar-refractivity contribution >= 4 is 35.5 Å². The largest absolute Gasteiger partial charge is 0.495 e. The van der Waals surface area contributed by atoms with Crippen LogP contribution in [0, 0.1) is 10.1 Å². The molecule has 3 aromatic carbocycles. The molecule has 0 heterocycles. The third-order valence-electron chi connectivity index (χ3n) is 5.46. The smallest absolute Gasteiger partial charge is 0.311 e. The molecule has 3 aromatic rings. The van der Waals surface area contributed by atoms with Crippen LogP contribution in [0.15, 0.2) is 54.6 Å². The average Bonchev–Trinajstić information content (AvgIpc) is 2.94. The summed E-state index contributed by atoms with van der Waals surface area (Å²) in [5.74, 6) is 1.73. The number of methoxy groups -OCH3 is 5. The Morgan fingerprint density at radius 2 is 1.26 bits per heavy atom. The molecule has 0 atom stereocenters. The molecule has 3 rings (SSSR count). The minimum absolute atomic E-state index is 0.137. The third kappa shape index (κ3) is 6.61. The maximum atomic E-state index is 12.6. The second-order valence-corrected chi connectivity index (χ2v) is 7.76. The predicted octanol–water partition coefficient (Wildman–Crippen LogP) is 5.46. The lowest BCUT2D eigenvalue weighted by Gasteiger charge is -2.13. The SMILES string of the molecule is COc1ccc(/C=C/c2cc(OC)c(OC)c(OC)c2)cc1NC(=O)/C=C/c1ccc(OC)c([N+](=O)[O-])c1. The lowest BCUT2D eigenvalue weighted by molar-refractivity contribution is -0.385. The van der Waals surface area contributed by atoms with E-state index in [1.54, 1.807) is 39.5 Å². The number of carbonyl (C=O) groups excluding carboxylic acids is 1. The maximum absolute atomic E-state index is 12.6. The van der Waals surface area contributed by atoms with Gasteiger partial charge in [-0.25, -0.2) is 0 Å². The van der Waals surface area contributed by atoms with Gasteiger partial charge >= 0.3 is 5.69 Å². The number of nitro groups is 1. The van der Waals surface area contributed by atoms with Crippen molar-refractivity contribution < 1.29 is 33.4 Å². The van der Waals surface area contributed by atoms with E-state index in [0.29, 0.717) is 34.2 Å². The Kier molecular flexibility index (Phi) is 9.31. The van der Waals surface area contributed by atoms with Gasteiger partial charge in [-0.05, 0) is 53.1 Å². The van der Waals surface area contributed by atoms with E-state index >= 15 is 0 Å². The molecule has 10 heteroatoms. The van der Waals surface area contributed by atoms with E-state index in [1.165, 1.54) is 38.5 Å². The van der Waals surface area contributed by atoms with Crippen LogP contribution in [0.5, 0.6) is 28.7 Å². The van der Waals surface area contributed by atoms with Crippen molar-refractivity contribution in [2.45, 2.75) is 0 Å². The molecule has 0 aliphatic heterocycles. The third-order valence-corrected chi connectivity index (χ3v) is 5.46. The molecular formula is C28H28N2O8. The number of anilines is 1. The van der Waals surface area contributed by atoms with Crippen LogP contribution in [0.3, 0.4) is 0 Å². The number of nitro benzene ring substituents is 1. The lowest BCUT2D eigenvalue weighted by Crippen LogP contribution is -2.09. The summed E-state index contributed by atoms with van der Waals surface area (Å²) >= 11 is 0. The topological polar surface area (TPSA) is 118 Å². The summed E-state index contributed by atoms with van der Waals surface area (Å²) in [5, 5.41) is 14.0. The van der Waals surface area contributed by atoms with Gasteiger partial charge in [0.2, 0.25) is 11.7 Å². The van der Waals surface area contributed by atoms with Crippen molar-refractivity contribution in [3.63, 3.8) is 0 Å². The molecule has 0 saturated carbocycles. The molecule has 1 amide bonds. The second-order valence-electron chi connectivity index (χ2n) is 7.76. The Morgan fingerprint density at radius 1 is 0.711 bits per heavy atom. The van der Waals surface area contributed by atoms with Crippen LogP contribution in [-0.4, -0.2) is 46.4 Å². The minimum atomic E-state index is -0.543. The molecule has 0 bridgehead atoms. The van der Waals surface area contributed by atoms with E-state index in [1.807, 2.05) is 30.4 Å². The van der Waals surface area contributed by atoms with Crippen molar-refractivity contribution in [3.8, 4) is 28.7 Å². The summed E-state index contributed by atoms with van der Waals surface area (Å²) in [6.07, 6.45) is 6.49. The van der Waals surface area contributed by atoms with Gasteiger partial charge in [0.05, 0.1) is 46.2 Å². The van der Waals surface area contributed by atoms with E-state index < -0.39 is 10.8 Å². The summed E-state index contributed by atoms with van der Waals surface area (Å²) in [6.45, 7) is 0. The Labute approximate surface area is 220 Å². The fraction of sp³-hybridized carbons (Fsp3) is 0.179. The second kappa shape index (κ2) is 12.8. The molecule has 0 aliphatic rings. The van der Waals surface area contributed by atoms with Crippen LogP contribution in [0.2, 0.25) is 0 Å². The molecular weight excluding hydrogens is 492 g/mol. The Bertz CT molecular complexity index is 1360. The van der Waals surface area contributed by atoms with E-state index in [-0.39, 0.29) is 11.4 Å². The van der Waals surface area contributed by atoms with Gasteiger partial charge in [0.15, 0.2) is 17.2 Å². The maximum Gasteiger partial charge on any atom is 0.311 e. The molecule has 0 aromatic heterocycles. The van der Waals surface area contributed by atoms with E-state index in [9.17, 15) is 14.9 Å². The Hall–Kier alpha value is -4.99. The highest BCUT2D eigenvalue weighted by molar-refractivity contribution is 6.03. The summed E-state index contributed by atoms with van der Waals surface area (Å²) < 4.78 is 26.5. The number of rotatable bonds is 11. The van der Waals surface area contributed by atoms with Crippen LogP contribution in [0.25, 0.3) is 18.2 Å². The molecule has 0 unspecified atom stereocenters. The number of hydrogen-bond donors (Lipinski definition) is 1. The fourth-order valence-corrected chi connectivity index (χ4v) is 3.62. The zero-order chi connectivity index (χ0) is 27.7. The molecule has 198 valence electrons. The van der Waals surface area contributed by atoms with Crippen molar-refractivity contribution in [2.75, 3.05) is 40.9 Å². The van der Waals surface area contributed by atoms with Crippen LogP contribution >= 0.6 is 0 Å². The lowest BCUT2D eigenvalue weighted by atomic mass is 10.1. The van der Waals surface area contributed by atoms with Gasteiger partial charge in [-0.3, -0.25) is 14.9 Å². The number of amides is 1. The summed E-state index contributed by atoms with van der Waals surface area (Å²) in [6, 6.07) is 13.4. The number of carbonyl (C=O) groups is 1. The van der Waals surface area contributed by atoms with Crippen molar-refractivity contribution in [1.82, 2.24) is 0 Å². The number of hydrogen-bond acceptors (Lipinski definition) is 8. The van der Waals surface area contributed by atoms with Crippen molar-refractivity contribution in [1.29, 1.82) is 0 Å². The Balaban J connectivity index is 1.81. The first kappa shape index (κ1) is 27.6. The molecule has 0 fully saturated rings. The molecule has 0 saturated heterocycles. The van der Waals surface area contributed by atoms with Gasteiger partial charge < -0.3 is 29.0 Å². The number of benzene rings is 3. The molecule has 0 aliphatic carbocycles. The standard InChI is InChI=1S/C28H28N2O8/c1-34-23-11-8-18(6-7-20-16-25(36-3)28(38-5)26(17-20)37-4)14-21(23)29-27(31)13-10-19-9-12-24(35-2)22(15-19)30(32)33/h6-17H,1-5H3,(H,29,31)/b7-6+,13-10+. The minimum Gasteiger partial charge on any atom is -0.495 e. The Morgan fingerprint density at radius 3 is 1.82 bits per heavy atom. The molecule has 1 N–H and O–H groups in total. The molecule has 0 radical (unpaired) electrons. The number of nitrogens with one attached hydrogen (secondary N) is 1. The number of ether oxygens (including phenoxy) is 5. The van der Waals surface area contributed by atoms with Gasteiger partial charge in [-0.2, -0.15) is 0 Å². The van der Waals surface area contributed by atoms with E-state index in [4.69, 9.17) is 23.7 Å². The van der Waals surface area contributed by atoms with Gasteiger partial charge in [0.1, 0.15) is 5.75 Å². The summed E-state index contributed by atoms with van der Waals surface area (Å²) in [7, 11) is 7.50. The van der Waals surface area contributed by atoms with Gasteiger partial charge in [0.25, 0.3) is 0 Å². The first-order valence-corrected chi connectivity index (χ1v) is 11.3. The fourth-order valence-electron chi connectivity index (χ4n) is 3.62. The molecule has 10 nitrogen and oxygen atoms in total. The normalized spacial score (nSPS) is 10.9. The van der Waals surface area contributed by atoms with Crippen molar-refractivity contribution in [2.24, 2.45) is 0 Å². The highest BCUT2D eigenvalue weighted by Gasteiger charge is 2.15. The number of nitrogens with zero attached hydrogens (tertiary/aromatic N) is 1. The van der Waals surface area contributed by atoms with Crippen LogP contribution in [0.4, 0.5) is 11.4 Å². The zero-order valence-corrected chi connectivity index (χ0v) is 21.6. The highest BCUT2D eigenvalue weighted by atomic mass is 16.6. The van der Waals surface area contributed by atoms with Crippen molar-refractivity contribution in [3.05, 3.63) is 81.4 Å². The van der Waals surface area contributed by atoms with Crippen LogP contribution in [-0.2, 0) is 4.79 Å². The zero-order valence-electron chi connectivity index (χ0n) is 21.6. The van der Waals surface area contributed by atoms with Crippen LogP contribution < -0.4 is 29.0 Å². The predicted molar refractivity (Wildman–Crippen MR) is 145 cm³/mol.